The van der Waals surface area contributed by atoms with Gasteiger partial charge in [0, 0.05) is 19.0 Å². The minimum Gasteiger partial charge on any atom is -0.389 e. The first-order chi connectivity index (χ1) is 10.1. The lowest BCUT2D eigenvalue weighted by molar-refractivity contribution is 0.181. The number of pyridine rings is 1. The van der Waals surface area contributed by atoms with Crippen LogP contribution < -0.4 is 10.6 Å². The molecule has 0 bridgehead atoms. The average molecular weight is 303 g/mol. The third kappa shape index (κ3) is 3.31. The van der Waals surface area contributed by atoms with Gasteiger partial charge in [-0.3, -0.25) is 0 Å². The number of likely N-dealkylation sites (N-methyl/N-ethyl adjacent to an activating group) is 1. The normalized spacial score (nSPS) is 12.3. The molecule has 5 heteroatoms. The van der Waals surface area contributed by atoms with Crippen molar-refractivity contribution in [2.24, 2.45) is 5.73 Å². The number of nitrogens with zero attached hydrogens (tertiary/aromatic N) is 2. The number of fused-ring (bicyclic) bond motifs is 1. The minimum atomic E-state index is 0.196. The molecule has 2 rings (SSSR count). The zero-order valence-corrected chi connectivity index (χ0v) is 13.5. The molecule has 4 nitrogen and oxygen atoms in total. The summed E-state index contributed by atoms with van der Waals surface area (Å²) in [5.41, 5.74) is 7.66. The van der Waals surface area contributed by atoms with Gasteiger partial charge < -0.3 is 15.4 Å². The van der Waals surface area contributed by atoms with Gasteiger partial charge in [-0.1, -0.05) is 30.4 Å². The molecule has 0 aliphatic carbocycles. The van der Waals surface area contributed by atoms with E-state index in [1.54, 1.807) is 7.11 Å². The summed E-state index contributed by atoms with van der Waals surface area (Å²) in [6.45, 7) is 5.63. The van der Waals surface area contributed by atoms with Crippen LogP contribution >= 0.6 is 12.2 Å². The van der Waals surface area contributed by atoms with E-state index in [2.05, 4.69) is 18.7 Å². The Balaban J connectivity index is 2.58. The molecule has 0 aliphatic heterocycles. The van der Waals surface area contributed by atoms with Crippen LogP contribution in [0.15, 0.2) is 30.3 Å². The van der Waals surface area contributed by atoms with E-state index in [9.17, 15) is 0 Å². The Kier molecular flexibility index (Phi) is 5.09. The third-order valence-corrected chi connectivity index (χ3v) is 3.74. The summed E-state index contributed by atoms with van der Waals surface area (Å²) in [5, 5.41) is 1.04. The fraction of sp³-hybridized carbons (Fsp3) is 0.375. The van der Waals surface area contributed by atoms with Crippen molar-refractivity contribution in [2.45, 2.75) is 19.9 Å². The van der Waals surface area contributed by atoms with Gasteiger partial charge in [0.1, 0.15) is 10.8 Å². The summed E-state index contributed by atoms with van der Waals surface area (Å²) >= 11 is 5.21. The lowest BCUT2D eigenvalue weighted by Gasteiger charge is -2.30. The smallest absolute Gasteiger partial charge is 0.139 e. The van der Waals surface area contributed by atoms with Crippen molar-refractivity contribution >= 4 is 33.9 Å². The van der Waals surface area contributed by atoms with Gasteiger partial charge >= 0.3 is 0 Å². The number of para-hydroxylation sites is 1. The van der Waals surface area contributed by atoms with Crippen LogP contribution in [0.25, 0.3) is 10.9 Å². The van der Waals surface area contributed by atoms with Crippen molar-refractivity contribution in [3.05, 3.63) is 35.9 Å². The van der Waals surface area contributed by atoms with Gasteiger partial charge in [0.2, 0.25) is 0 Å². The van der Waals surface area contributed by atoms with E-state index in [0.29, 0.717) is 11.6 Å². The number of hydrogen-bond acceptors (Lipinski definition) is 4. The minimum absolute atomic E-state index is 0.196. The zero-order valence-electron chi connectivity index (χ0n) is 12.7. The molecule has 0 aliphatic rings. The highest BCUT2D eigenvalue weighted by atomic mass is 32.1. The fourth-order valence-electron chi connectivity index (χ4n) is 2.51. The van der Waals surface area contributed by atoms with E-state index in [1.807, 2.05) is 30.3 Å². The van der Waals surface area contributed by atoms with Crippen LogP contribution in [0.4, 0.5) is 5.82 Å². The summed E-state index contributed by atoms with van der Waals surface area (Å²) < 4.78 is 5.26. The topological polar surface area (TPSA) is 51.4 Å². The van der Waals surface area contributed by atoms with E-state index < -0.39 is 0 Å². The average Bonchev–Trinajstić information content (AvgIpc) is 2.47. The highest BCUT2D eigenvalue weighted by Gasteiger charge is 2.19. The van der Waals surface area contributed by atoms with Gasteiger partial charge in [-0.05, 0) is 26.0 Å². The van der Waals surface area contributed by atoms with Crippen LogP contribution in [0.5, 0.6) is 0 Å². The third-order valence-electron chi connectivity index (χ3n) is 3.52. The molecule has 1 heterocycles. The van der Waals surface area contributed by atoms with E-state index in [0.717, 1.165) is 28.8 Å². The molecule has 0 radical (unpaired) electrons. The molecule has 0 saturated carbocycles. The number of nitrogens with two attached hydrogens (primary N) is 1. The molecule has 0 spiro atoms. The molecule has 1 atom stereocenters. The number of ether oxygens (including phenoxy) is 1. The van der Waals surface area contributed by atoms with Gasteiger partial charge in [-0.2, -0.15) is 0 Å². The maximum Gasteiger partial charge on any atom is 0.139 e. The molecule has 21 heavy (non-hydrogen) atoms. The molecule has 0 amide bonds. The van der Waals surface area contributed by atoms with Crippen molar-refractivity contribution < 1.29 is 4.74 Å². The summed E-state index contributed by atoms with van der Waals surface area (Å²) in [6.07, 6.45) is 0. The summed E-state index contributed by atoms with van der Waals surface area (Å²) in [4.78, 5) is 7.31. The van der Waals surface area contributed by atoms with Crippen molar-refractivity contribution in [2.75, 3.05) is 25.2 Å². The molecule has 1 aromatic carbocycles. The zero-order chi connectivity index (χ0) is 15.4. The molecular weight excluding hydrogens is 282 g/mol. The van der Waals surface area contributed by atoms with Crippen molar-refractivity contribution in [1.82, 2.24) is 4.98 Å². The van der Waals surface area contributed by atoms with Gasteiger partial charge in [-0.15, -0.1) is 0 Å². The first kappa shape index (κ1) is 15.7. The molecular formula is C16H21N3OS. The predicted molar refractivity (Wildman–Crippen MR) is 92.0 cm³/mol. The first-order valence-corrected chi connectivity index (χ1v) is 7.44. The number of hydrogen-bond donors (Lipinski definition) is 1. The Morgan fingerprint density at radius 1 is 1.43 bits per heavy atom. The number of thiocarbonyl (C=S) groups is 1. The number of aromatic nitrogens is 1. The van der Waals surface area contributed by atoms with Crippen molar-refractivity contribution in [1.29, 1.82) is 0 Å². The second-order valence-electron chi connectivity index (χ2n) is 5.01. The number of rotatable bonds is 6. The quantitative estimate of drug-likeness (QED) is 0.832. The van der Waals surface area contributed by atoms with Crippen LogP contribution in [0.3, 0.4) is 0 Å². The number of benzene rings is 1. The lowest BCUT2D eigenvalue weighted by atomic mass is 10.1. The molecule has 1 unspecified atom stereocenters. The maximum absolute atomic E-state index is 5.91. The second kappa shape index (κ2) is 6.83. The highest BCUT2D eigenvalue weighted by Crippen LogP contribution is 2.25. The summed E-state index contributed by atoms with van der Waals surface area (Å²) in [5.74, 6) is 0.827. The molecule has 1 aromatic heterocycles. The van der Waals surface area contributed by atoms with Crippen LogP contribution in [-0.2, 0) is 4.74 Å². The van der Waals surface area contributed by atoms with Crippen LogP contribution in [0, 0.1) is 0 Å². The highest BCUT2D eigenvalue weighted by molar-refractivity contribution is 7.80. The molecule has 2 aromatic rings. The van der Waals surface area contributed by atoms with Crippen LogP contribution in [0.1, 0.15) is 19.4 Å². The SMILES string of the molecule is CCN(c1nc2ccccc2cc1C(N)=S)C(C)COC. The van der Waals surface area contributed by atoms with Gasteiger partial charge in [-0.25, -0.2) is 4.98 Å². The number of methoxy groups -OCH3 is 1. The standard InChI is InChI=1S/C16H21N3OS/c1-4-19(11(2)10-20-3)16-13(15(17)21)9-12-7-5-6-8-14(12)18-16/h5-9,11H,4,10H2,1-3H3,(H2,17,21). The Morgan fingerprint density at radius 2 is 2.14 bits per heavy atom. The monoisotopic (exact) mass is 303 g/mol. The van der Waals surface area contributed by atoms with Gasteiger partial charge in [0.05, 0.1) is 23.7 Å². The maximum atomic E-state index is 5.91. The Bertz CT molecular complexity index is 644. The fourth-order valence-corrected chi connectivity index (χ4v) is 2.66. The van der Waals surface area contributed by atoms with Gasteiger partial charge in [0.15, 0.2) is 0 Å². The van der Waals surface area contributed by atoms with E-state index >= 15 is 0 Å². The van der Waals surface area contributed by atoms with E-state index in [4.69, 9.17) is 27.7 Å². The first-order valence-electron chi connectivity index (χ1n) is 7.03. The largest absolute Gasteiger partial charge is 0.389 e. The van der Waals surface area contributed by atoms with Crippen molar-refractivity contribution in [3.8, 4) is 0 Å². The molecule has 0 saturated heterocycles. The Labute approximate surface area is 130 Å². The van der Waals surface area contributed by atoms with E-state index in [1.165, 1.54) is 0 Å². The second-order valence-corrected chi connectivity index (χ2v) is 5.45. The van der Waals surface area contributed by atoms with E-state index in [-0.39, 0.29) is 6.04 Å². The Morgan fingerprint density at radius 3 is 2.76 bits per heavy atom. The lowest BCUT2D eigenvalue weighted by Crippen LogP contribution is -2.38. The van der Waals surface area contributed by atoms with Crippen LogP contribution in [-0.4, -0.2) is 36.3 Å². The molecule has 0 fully saturated rings. The van der Waals surface area contributed by atoms with Crippen molar-refractivity contribution in [3.63, 3.8) is 0 Å². The molecule has 2 N–H and O–H groups in total. The summed E-state index contributed by atoms with van der Waals surface area (Å²) in [6, 6.07) is 10.2. The van der Waals surface area contributed by atoms with Crippen LogP contribution in [0.2, 0.25) is 0 Å². The summed E-state index contributed by atoms with van der Waals surface area (Å²) in [7, 11) is 1.70. The van der Waals surface area contributed by atoms with Gasteiger partial charge in [0.25, 0.3) is 0 Å². The number of anilines is 1. The predicted octanol–water partition coefficient (Wildman–Crippen LogP) is 2.73. The Hall–Kier alpha value is -1.72. The molecule has 112 valence electrons.